The molecule has 2 bridgehead atoms. The molecule has 2 aliphatic rings. The highest BCUT2D eigenvalue weighted by Gasteiger charge is 2.36. The second-order valence-electron chi connectivity index (χ2n) is 5.80. The quantitative estimate of drug-likeness (QED) is 0.628. The Hall–Kier alpha value is -1.83. The summed E-state index contributed by atoms with van der Waals surface area (Å²) in [4.78, 5) is 38.1. The summed E-state index contributed by atoms with van der Waals surface area (Å²) in [6, 6.07) is -0.894. The van der Waals surface area contributed by atoms with Crippen molar-refractivity contribution in [2.24, 2.45) is 5.73 Å². The van der Waals surface area contributed by atoms with E-state index in [2.05, 4.69) is 17.3 Å². The molecule has 2 unspecified atom stereocenters. The lowest BCUT2D eigenvalue weighted by Gasteiger charge is -2.27. The molecule has 2 fully saturated rings. The van der Waals surface area contributed by atoms with Crippen molar-refractivity contribution in [3.63, 3.8) is 0 Å². The van der Waals surface area contributed by atoms with Crippen LogP contribution >= 0.6 is 0 Å². The molecule has 3 amide bonds. The van der Waals surface area contributed by atoms with E-state index in [9.17, 15) is 14.4 Å². The average Bonchev–Trinajstić information content (AvgIpc) is 2.61. The number of likely N-dealkylation sites (tertiary alicyclic amines) is 1. The highest BCUT2D eigenvalue weighted by Crippen LogP contribution is 2.28. The Morgan fingerprint density at radius 3 is 2.57 bits per heavy atom. The Bertz CT molecular complexity index is 442. The van der Waals surface area contributed by atoms with Crippen LogP contribution in [0.15, 0.2) is 0 Å². The molecule has 0 aliphatic carbocycles. The summed E-state index contributed by atoms with van der Waals surface area (Å²) in [5, 5.41) is 11.4. The Balaban J connectivity index is 1.96. The van der Waals surface area contributed by atoms with Crippen LogP contribution in [0, 0.1) is 0 Å². The standard InChI is InChI=1S/C13H22N4O4/c1-16-8-2-3-9(16)7-17(5-4-8)13(21)15-10(12(19)20)6-11(14)18/h8-10H,2-7H2,1H3,(H2,14,18)(H,15,21)(H,19,20)/t8?,9?,10-/m0/s1. The predicted octanol–water partition coefficient (Wildman–Crippen LogP) is -0.807. The number of likely N-dealkylation sites (N-methyl/N-ethyl adjacent to an activating group) is 1. The van der Waals surface area contributed by atoms with Gasteiger partial charge in [-0.05, 0) is 26.3 Å². The van der Waals surface area contributed by atoms with Gasteiger partial charge in [-0.3, -0.25) is 9.69 Å². The van der Waals surface area contributed by atoms with Gasteiger partial charge in [-0.25, -0.2) is 9.59 Å². The van der Waals surface area contributed by atoms with Crippen LogP contribution in [0.3, 0.4) is 0 Å². The molecule has 21 heavy (non-hydrogen) atoms. The highest BCUT2D eigenvalue weighted by molar-refractivity contribution is 5.87. The molecule has 2 rings (SSSR count). The summed E-state index contributed by atoms with van der Waals surface area (Å²) in [7, 11) is 2.07. The van der Waals surface area contributed by atoms with Crippen LogP contribution in [0.25, 0.3) is 0 Å². The molecule has 0 aromatic rings. The first kappa shape index (κ1) is 15.6. The van der Waals surface area contributed by atoms with Gasteiger partial charge in [0.1, 0.15) is 6.04 Å². The molecule has 2 saturated heterocycles. The smallest absolute Gasteiger partial charge is 0.326 e. The molecular formula is C13H22N4O4. The maximum Gasteiger partial charge on any atom is 0.326 e. The van der Waals surface area contributed by atoms with Gasteiger partial charge in [-0.2, -0.15) is 0 Å². The number of fused-ring (bicyclic) bond motifs is 2. The summed E-state index contributed by atoms with van der Waals surface area (Å²) in [5.74, 6) is -2.01. The van der Waals surface area contributed by atoms with Crippen molar-refractivity contribution < 1.29 is 19.5 Å². The fourth-order valence-corrected chi connectivity index (χ4v) is 3.13. The first-order chi connectivity index (χ1) is 9.88. The number of rotatable bonds is 4. The molecule has 0 radical (unpaired) electrons. The molecule has 8 heteroatoms. The molecule has 0 spiro atoms. The van der Waals surface area contributed by atoms with E-state index in [4.69, 9.17) is 10.8 Å². The fraction of sp³-hybridized carbons (Fsp3) is 0.769. The highest BCUT2D eigenvalue weighted by atomic mass is 16.4. The molecule has 8 nitrogen and oxygen atoms in total. The number of carboxylic acids is 1. The van der Waals surface area contributed by atoms with Crippen molar-refractivity contribution in [3.05, 3.63) is 0 Å². The third-order valence-corrected chi connectivity index (χ3v) is 4.44. The van der Waals surface area contributed by atoms with Gasteiger partial charge in [0.25, 0.3) is 0 Å². The van der Waals surface area contributed by atoms with Crippen molar-refractivity contribution in [2.75, 3.05) is 20.1 Å². The van der Waals surface area contributed by atoms with Gasteiger partial charge in [0, 0.05) is 25.2 Å². The summed E-state index contributed by atoms with van der Waals surface area (Å²) in [6.45, 7) is 1.18. The molecule has 0 aromatic heterocycles. The zero-order valence-corrected chi connectivity index (χ0v) is 12.1. The van der Waals surface area contributed by atoms with Gasteiger partial charge in [0.05, 0.1) is 6.42 Å². The Morgan fingerprint density at radius 2 is 1.95 bits per heavy atom. The van der Waals surface area contributed by atoms with Crippen LogP contribution in [-0.4, -0.2) is 71.1 Å². The van der Waals surface area contributed by atoms with E-state index in [1.165, 1.54) is 0 Å². The minimum atomic E-state index is -1.27. The SMILES string of the molecule is CN1C2CCC1CN(C(=O)N[C@@H](CC(N)=O)C(=O)O)CC2. The zero-order chi connectivity index (χ0) is 15.6. The number of nitrogens with two attached hydrogens (primary N) is 1. The van der Waals surface area contributed by atoms with Crippen LogP contribution in [-0.2, 0) is 9.59 Å². The number of urea groups is 1. The lowest BCUT2D eigenvalue weighted by atomic mass is 10.1. The van der Waals surface area contributed by atoms with Gasteiger partial charge in [-0.15, -0.1) is 0 Å². The number of nitrogens with one attached hydrogen (secondary N) is 1. The summed E-state index contributed by atoms with van der Waals surface area (Å²) < 4.78 is 0. The number of primary amides is 1. The fourth-order valence-electron chi connectivity index (χ4n) is 3.13. The molecule has 3 atom stereocenters. The largest absolute Gasteiger partial charge is 0.480 e. The number of hydrogen-bond donors (Lipinski definition) is 3. The molecule has 2 heterocycles. The summed E-state index contributed by atoms with van der Waals surface area (Å²) in [6.07, 6.45) is 2.68. The van der Waals surface area contributed by atoms with E-state index < -0.39 is 30.4 Å². The summed E-state index contributed by atoms with van der Waals surface area (Å²) in [5.41, 5.74) is 5.00. The first-order valence-corrected chi connectivity index (χ1v) is 7.17. The van der Waals surface area contributed by atoms with Gasteiger partial charge in [-0.1, -0.05) is 0 Å². The topological polar surface area (TPSA) is 116 Å². The summed E-state index contributed by atoms with van der Waals surface area (Å²) >= 11 is 0. The van der Waals surface area contributed by atoms with Crippen molar-refractivity contribution in [2.45, 2.75) is 43.8 Å². The second-order valence-corrected chi connectivity index (χ2v) is 5.80. The van der Waals surface area contributed by atoms with E-state index in [0.29, 0.717) is 25.2 Å². The third-order valence-electron chi connectivity index (χ3n) is 4.44. The van der Waals surface area contributed by atoms with Crippen LogP contribution in [0.1, 0.15) is 25.7 Å². The normalized spacial score (nSPS) is 27.0. The lowest BCUT2D eigenvalue weighted by Crippen LogP contribution is -2.51. The lowest BCUT2D eigenvalue weighted by molar-refractivity contribution is -0.140. The number of hydrogen-bond acceptors (Lipinski definition) is 4. The van der Waals surface area contributed by atoms with E-state index in [-0.39, 0.29) is 0 Å². The van der Waals surface area contributed by atoms with Crippen LogP contribution in [0.5, 0.6) is 0 Å². The monoisotopic (exact) mass is 298 g/mol. The maximum absolute atomic E-state index is 12.2. The molecule has 2 aliphatic heterocycles. The van der Waals surface area contributed by atoms with Gasteiger partial charge in [0.2, 0.25) is 5.91 Å². The molecule has 0 saturated carbocycles. The number of nitrogens with zero attached hydrogens (tertiary/aromatic N) is 2. The van der Waals surface area contributed by atoms with E-state index in [0.717, 1.165) is 19.3 Å². The zero-order valence-electron chi connectivity index (χ0n) is 12.1. The number of amides is 3. The second kappa shape index (κ2) is 6.30. The molecular weight excluding hydrogens is 276 g/mol. The van der Waals surface area contributed by atoms with Gasteiger partial charge >= 0.3 is 12.0 Å². The van der Waals surface area contributed by atoms with Crippen LogP contribution in [0.2, 0.25) is 0 Å². The third kappa shape index (κ3) is 3.63. The predicted molar refractivity (Wildman–Crippen MR) is 74.5 cm³/mol. The average molecular weight is 298 g/mol. The number of carbonyl (C=O) groups excluding carboxylic acids is 2. The van der Waals surface area contributed by atoms with Crippen molar-refractivity contribution >= 4 is 17.9 Å². The maximum atomic E-state index is 12.2. The molecule has 118 valence electrons. The minimum absolute atomic E-state index is 0.322. The van der Waals surface area contributed by atoms with Crippen molar-refractivity contribution in [3.8, 4) is 0 Å². The Labute approximate surface area is 123 Å². The Kier molecular flexibility index (Phi) is 4.66. The van der Waals surface area contributed by atoms with E-state index in [1.54, 1.807) is 4.90 Å². The van der Waals surface area contributed by atoms with Crippen molar-refractivity contribution in [1.82, 2.24) is 15.1 Å². The van der Waals surface area contributed by atoms with E-state index in [1.807, 2.05) is 0 Å². The minimum Gasteiger partial charge on any atom is -0.480 e. The molecule has 0 aromatic carbocycles. The van der Waals surface area contributed by atoms with Crippen LogP contribution in [0.4, 0.5) is 4.79 Å². The number of aliphatic carboxylic acids is 1. The van der Waals surface area contributed by atoms with E-state index >= 15 is 0 Å². The Morgan fingerprint density at radius 1 is 1.29 bits per heavy atom. The molecule has 4 N–H and O–H groups in total. The number of carbonyl (C=O) groups is 3. The first-order valence-electron chi connectivity index (χ1n) is 7.17. The van der Waals surface area contributed by atoms with Gasteiger partial charge in [0.15, 0.2) is 0 Å². The van der Waals surface area contributed by atoms with Crippen molar-refractivity contribution in [1.29, 1.82) is 0 Å². The van der Waals surface area contributed by atoms with Crippen LogP contribution < -0.4 is 11.1 Å². The number of carboxylic acid groups (broad SMARTS) is 1. The van der Waals surface area contributed by atoms with Gasteiger partial charge < -0.3 is 21.1 Å².